The number of amides is 1. The van der Waals surface area contributed by atoms with E-state index in [4.69, 9.17) is 15.3 Å². The van der Waals surface area contributed by atoms with Crippen LogP contribution < -0.4 is 22.8 Å². The van der Waals surface area contributed by atoms with Crippen LogP contribution in [-0.2, 0) is 24.4 Å². The van der Waals surface area contributed by atoms with Crippen LogP contribution in [0.4, 0.5) is 0 Å². The fourth-order valence-corrected chi connectivity index (χ4v) is 1.56. The van der Waals surface area contributed by atoms with Crippen molar-refractivity contribution in [2.75, 3.05) is 19.8 Å². The zero-order valence-electron chi connectivity index (χ0n) is 12.4. The van der Waals surface area contributed by atoms with Gasteiger partial charge in [0.25, 0.3) is 0 Å². The van der Waals surface area contributed by atoms with Crippen LogP contribution in [0, 0.1) is 0 Å². The van der Waals surface area contributed by atoms with Crippen LogP contribution in [0.3, 0.4) is 0 Å². The van der Waals surface area contributed by atoms with Gasteiger partial charge in [0.05, 0.1) is 39.5 Å². The van der Waals surface area contributed by atoms with E-state index in [1.54, 1.807) is 0 Å². The Morgan fingerprint density at radius 2 is 1.09 bits per heavy atom. The minimum Gasteiger partial charge on any atom is -0.395 e. The monoisotopic (exact) mass is 332 g/mol. The molecule has 23 heavy (non-hydrogen) atoms. The Balaban J connectivity index is 0.000000841. The number of primary amides is 1. The molecule has 1 rings (SSSR count). The quantitative estimate of drug-likeness (QED) is 0.367. The van der Waals surface area contributed by atoms with E-state index in [2.05, 4.69) is 12.3 Å². The fourth-order valence-electron chi connectivity index (χ4n) is 1.56. The Morgan fingerprint density at radius 3 is 1.22 bits per heavy atom. The standard InChI is InChI=1S/C9H15N3O6.C3H5NO/c13-4-1-10-7(16)11(2-5-14)9(18)12(3-6-15)8(10)17;1-2-3(4)5/h13-15H,1-6H2;2H,1H2,(H2,4,5). The fraction of sp³-hybridized carbons (Fsp3) is 0.500. The number of hydrogen-bond donors (Lipinski definition) is 4. The van der Waals surface area contributed by atoms with E-state index in [0.717, 1.165) is 6.08 Å². The molecule has 0 fully saturated rings. The van der Waals surface area contributed by atoms with Crippen molar-refractivity contribution in [2.45, 2.75) is 19.6 Å². The van der Waals surface area contributed by atoms with Crippen molar-refractivity contribution in [1.82, 2.24) is 13.7 Å². The average Bonchev–Trinajstić information content (AvgIpc) is 2.53. The number of carbonyl (C=O) groups is 1. The lowest BCUT2D eigenvalue weighted by Crippen LogP contribution is -2.55. The third-order valence-electron chi connectivity index (χ3n) is 2.56. The van der Waals surface area contributed by atoms with E-state index in [9.17, 15) is 19.2 Å². The summed E-state index contributed by atoms with van der Waals surface area (Å²) in [5.41, 5.74) is 1.87. The van der Waals surface area contributed by atoms with Gasteiger partial charge in [0.2, 0.25) is 5.91 Å². The van der Waals surface area contributed by atoms with Crippen LogP contribution in [0.25, 0.3) is 0 Å². The van der Waals surface area contributed by atoms with Gasteiger partial charge in [-0.25, -0.2) is 28.1 Å². The topological polar surface area (TPSA) is 170 Å². The summed E-state index contributed by atoms with van der Waals surface area (Å²) < 4.78 is 2.06. The van der Waals surface area contributed by atoms with Crippen LogP contribution >= 0.6 is 0 Å². The Hall–Kier alpha value is -2.50. The van der Waals surface area contributed by atoms with Gasteiger partial charge >= 0.3 is 17.1 Å². The van der Waals surface area contributed by atoms with E-state index in [0.29, 0.717) is 13.7 Å². The third kappa shape index (κ3) is 5.65. The van der Waals surface area contributed by atoms with E-state index in [-0.39, 0.29) is 19.6 Å². The lowest BCUT2D eigenvalue weighted by atomic mass is 10.6. The van der Waals surface area contributed by atoms with Gasteiger partial charge in [-0.2, -0.15) is 0 Å². The molecular weight excluding hydrogens is 312 g/mol. The molecule has 0 saturated carbocycles. The summed E-state index contributed by atoms with van der Waals surface area (Å²) in [4.78, 5) is 44.8. The molecule has 1 aromatic heterocycles. The highest BCUT2D eigenvalue weighted by Crippen LogP contribution is 1.76. The molecule has 0 saturated heterocycles. The molecule has 130 valence electrons. The molecule has 0 aliphatic carbocycles. The van der Waals surface area contributed by atoms with Crippen LogP contribution in [0.5, 0.6) is 0 Å². The third-order valence-corrected chi connectivity index (χ3v) is 2.56. The van der Waals surface area contributed by atoms with Gasteiger partial charge in [0, 0.05) is 0 Å². The predicted molar refractivity (Wildman–Crippen MR) is 79.9 cm³/mol. The van der Waals surface area contributed by atoms with Gasteiger partial charge in [-0.05, 0) is 6.08 Å². The minimum absolute atomic E-state index is 0.255. The number of carbonyl (C=O) groups excluding carboxylic acids is 1. The molecule has 0 atom stereocenters. The molecule has 0 aliphatic heterocycles. The van der Waals surface area contributed by atoms with Gasteiger partial charge < -0.3 is 21.1 Å². The van der Waals surface area contributed by atoms with E-state index in [1.807, 2.05) is 0 Å². The highest BCUT2D eigenvalue weighted by molar-refractivity contribution is 5.84. The second-order valence-electron chi connectivity index (χ2n) is 4.08. The Bertz CT molecular complexity index is 590. The van der Waals surface area contributed by atoms with Crippen molar-refractivity contribution in [1.29, 1.82) is 0 Å². The molecule has 1 heterocycles. The van der Waals surface area contributed by atoms with Crippen molar-refractivity contribution >= 4 is 5.91 Å². The molecule has 0 aliphatic rings. The Kier molecular flexibility index (Phi) is 9.15. The summed E-state index contributed by atoms with van der Waals surface area (Å²) in [6, 6.07) is 0. The molecule has 0 aromatic carbocycles. The molecule has 0 radical (unpaired) electrons. The van der Waals surface area contributed by atoms with Crippen molar-refractivity contribution < 1.29 is 20.1 Å². The summed E-state index contributed by atoms with van der Waals surface area (Å²) in [5.74, 6) is -0.481. The highest BCUT2D eigenvalue weighted by Gasteiger charge is 2.14. The Morgan fingerprint density at radius 1 is 0.870 bits per heavy atom. The number of hydrogen-bond acceptors (Lipinski definition) is 7. The van der Waals surface area contributed by atoms with Crippen LogP contribution in [0.1, 0.15) is 0 Å². The summed E-state index contributed by atoms with van der Waals surface area (Å²) in [5, 5.41) is 26.4. The molecular formula is C12H20N4O7. The molecule has 1 aromatic rings. The average molecular weight is 332 g/mol. The molecule has 1 amide bonds. The normalized spacial score (nSPS) is 9.87. The Labute approximate surface area is 130 Å². The lowest BCUT2D eigenvalue weighted by molar-refractivity contribution is -0.113. The number of rotatable bonds is 7. The molecule has 0 unspecified atom stereocenters. The number of aromatic nitrogens is 3. The van der Waals surface area contributed by atoms with Crippen molar-refractivity contribution in [3.63, 3.8) is 0 Å². The molecule has 11 heteroatoms. The maximum atomic E-state index is 11.8. The SMILES string of the molecule is C=CC(N)=O.O=c1n(CCO)c(=O)n(CCO)c(=O)n1CCO. The first-order chi connectivity index (χ1) is 10.8. The lowest BCUT2D eigenvalue weighted by Gasteiger charge is -2.11. The minimum atomic E-state index is -0.887. The summed E-state index contributed by atoms with van der Waals surface area (Å²) in [6.07, 6.45) is 1.06. The van der Waals surface area contributed by atoms with Crippen LogP contribution in [0.15, 0.2) is 27.0 Å². The largest absolute Gasteiger partial charge is 0.395 e. The molecule has 5 N–H and O–H groups in total. The van der Waals surface area contributed by atoms with Crippen LogP contribution in [0.2, 0.25) is 0 Å². The van der Waals surface area contributed by atoms with E-state index >= 15 is 0 Å². The molecule has 0 spiro atoms. The van der Waals surface area contributed by atoms with Crippen LogP contribution in [-0.4, -0.2) is 54.7 Å². The van der Waals surface area contributed by atoms with Crippen molar-refractivity contribution in [2.24, 2.45) is 5.73 Å². The zero-order valence-corrected chi connectivity index (χ0v) is 12.4. The second kappa shape index (κ2) is 10.3. The van der Waals surface area contributed by atoms with E-state index in [1.165, 1.54) is 0 Å². The number of nitrogens with zero attached hydrogens (tertiary/aromatic N) is 3. The number of aliphatic hydroxyl groups excluding tert-OH is 3. The second-order valence-corrected chi connectivity index (χ2v) is 4.08. The van der Waals surface area contributed by atoms with Gasteiger partial charge in [-0.1, -0.05) is 6.58 Å². The van der Waals surface area contributed by atoms with Crippen molar-refractivity contribution in [3.05, 3.63) is 44.1 Å². The molecule has 11 nitrogen and oxygen atoms in total. The summed E-state index contributed by atoms with van der Waals surface area (Å²) in [6.45, 7) is 1.00. The van der Waals surface area contributed by atoms with Gasteiger partial charge in [0.15, 0.2) is 0 Å². The van der Waals surface area contributed by atoms with Crippen molar-refractivity contribution in [3.8, 4) is 0 Å². The summed E-state index contributed by atoms with van der Waals surface area (Å²) >= 11 is 0. The highest BCUT2D eigenvalue weighted by atomic mass is 16.3. The zero-order chi connectivity index (χ0) is 18.0. The van der Waals surface area contributed by atoms with Gasteiger partial charge in [0.1, 0.15) is 0 Å². The first-order valence-electron chi connectivity index (χ1n) is 6.54. The summed E-state index contributed by atoms with van der Waals surface area (Å²) in [7, 11) is 0. The van der Waals surface area contributed by atoms with Gasteiger partial charge in [-0.3, -0.25) is 4.79 Å². The number of nitrogens with two attached hydrogens (primary N) is 1. The number of aliphatic hydroxyl groups is 3. The first kappa shape index (κ1) is 20.5. The smallest absolute Gasteiger partial charge is 0.336 e. The maximum absolute atomic E-state index is 11.8. The maximum Gasteiger partial charge on any atom is 0.336 e. The van der Waals surface area contributed by atoms with E-state index < -0.39 is 42.8 Å². The molecule has 0 bridgehead atoms. The van der Waals surface area contributed by atoms with Gasteiger partial charge in [-0.15, -0.1) is 0 Å². The predicted octanol–water partition coefficient (Wildman–Crippen LogP) is -4.19. The first-order valence-corrected chi connectivity index (χ1v) is 6.54.